The van der Waals surface area contributed by atoms with Crippen LogP contribution in [0.4, 0.5) is 0 Å². The van der Waals surface area contributed by atoms with Crippen LogP contribution in [0.3, 0.4) is 0 Å². The van der Waals surface area contributed by atoms with E-state index in [0.717, 1.165) is 11.1 Å². The number of hydrogen-bond donors (Lipinski definition) is 1. The summed E-state index contributed by atoms with van der Waals surface area (Å²) in [6, 6.07) is 12.5. The van der Waals surface area contributed by atoms with Crippen LogP contribution < -0.4 is 14.9 Å². The van der Waals surface area contributed by atoms with E-state index in [0.29, 0.717) is 30.2 Å². The number of carbonyl (C=O) groups is 2. The average Bonchev–Trinajstić information content (AvgIpc) is 3.35. The van der Waals surface area contributed by atoms with Gasteiger partial charge < -0.3 is 14.4 Å². The molecule has 0 aromatic heterocycles. The Morgan fingerprint density at radius 1 is 1.25 bits per heavy atom. The second kappa shape index (κ2) is 9.32. The standard InChI is InChI=1S/C24H27N3O5/c1-4-31-21-10-9-17(13-22(21)30-3)20(14-23(28)25-27-12-11-16(2)32-27)26-15-18-7-5-6-8-19(18)24(26)29/h5-13,16,20H,4,14-15H2,1-3H3,(H,25,28). The van der Waals surface area contributed by atoms with Crippen LogP contribution in [0.15, 0.2) is 54.7 Å². The van der Waals surface area contributed by atoms with Gasteiger partial charge in [-0.15, -0.1) is 0 Å². The van der Waals surface area contributed by atoms with Crippen LogP contribution in [0.5, 0.6) is 11.5 Å². The van der Waals surface area contributed by atoms with E-state index in [1.54, 1.807) is 18.2 Å². The lowest BCUT2D eigenvalue weighted by atomic mass is 10.0. The second-order valence-electron chi connectivity index (χ2n) is 7.67. The number of methoxy groups -OCH3 is 1. The van der Waals surface area contributed by atoms with Crippen molar-refractivity contribution >= 4 is 11.8 Å². The van der Waals surface area contributed by atoms with Gasteiger partial charge >= 0.3 is 0 Å². The van der Waals surface area contributed by atoms with Crippen molar-refractivity contribution in [2.75, 3.05) is 13.7 Å². The maximum absolute atomic E-state index is 13.2. The van der Waals surface area contributed by atoms with Gasteiger partial charge in [0, 0.05) is 12.1 Å². The molecular weight excluding hydrogens is 410 g/mol. The molecule has 2 aliphatic heterocycles. The Morgan fingerprint density at radius 2 is 2.06 bits per heavy atom. The van der Waals surface area contributed by atoms with E-state index < -0.39 is 6.04 Å². The smallest absolute Gasteiger partial charge is 0.255 e. The molecule has 0 aliphatic carbocycles. The summed E-state index contributed by atoms with van der Waals surface area (Å²) in [5, 5.41) is 1.30. The van der Waals surface area contributed by atoms with E-state index in [-0.39, 0.29) is 24.3 Å². The first kappa shape index (κ1) is 21.7. The molecular formula is C24H27N3O5. The third kappa shape index (κ3) is 4.40. The second-order valence-corrected chi connectivity index (χ2v) is 7.67. The minimum Gasteiger partial charge on any atom is -0.493 e. The van der Waals surface area contributed by atoms with Gasteiger partial charge in [-0.3, -0.25) is 9.59 Å². The third-order valence-corrected chi connectivity index (χ3v) is 5.48. The molecule has 2 amide bonds. The van der Waals surface area contributed by atoms with Crippen molar-refractivity contribution in [3.05, 3.63) is 71.4 Å². The predicted octanol–water partition coefficient (Wildman–Crippen LogP) is 3.36. The molecule has 0 radical (unpaired) electrons. The molecule has 2 aromatic carbocycles. The molecule has 8 heteroatoms. The number of nitrogens with one attached hydrogen (secondary N) is 1. The summed E-state index contributed by atoms with van der Waals surface area (Å²) in [6.45, 7) is 4.71. The first-order chi connectivity index (χ1) is 15.5. The molecule has 1 N–H and O–H groups in total. The fourth-order valence-electron chi connectivity index (χ4n) is 3.96. The van der Waals surface area contributed by atoms with Crippen molar-refractivity contribution in [3.63, 3.8) is 0 Å². The number of hydroxylamine groups is 1. The molecule has 2 aliphatic rings. The van der Waals surface area contributed by atoms with E-state index in [1.807, 2.05) is 62.4 Å². The lowest BCUT2D eigenvalue weighted by Crippen LogP contribution is -2.40. The van der Waals surface area contributed by atoms with Gasteiger partial charge in [-0.25, -0.2) is 10.3 Å². The summed E-state index contributed by atoms with van der Waals surface area (Å²) in [6.07, 6.45) is 3.43. The van der Waals surface area contributed by atoms with Crippen molar-refractivity contribution in [2.24, 2.45) is 0 Å². The Morgan fingerprint density at radius 3 is 2.75 bits per heavy atom. The average molecular weight is 437 g/mol. The maximum Gasteiger partial charge on any atom is 0.255 e. The highest BCUT2D eigenvalue weighted by molar-refractivity contribution is 5.98. The topological polar surface area (TPSA) is 80.3 Å². The number of hydrazine groups is 1. The van der Waals surface area contributed by atoms with Crippen LogP contribution in [0.2, 0.25) is 0 Å². The molecule has 168 valence electrons. The van der Waals surface area contributed by atoms with E-state index in [2.05, 4.69) is 5.43 Å². The maximum atomic E-state index is 13.2. The lowest BCUT2D eigenvalue weighted by molar-refractivity contribution is -0.172. The van der Waals surface area contributed by atoms with Crippen molar-refractivity contribution in [1.29, 1.82) is 0 Å². The highest BCUT2D eigenvalue weighted by Crippen LogP contribution is 2.37. The summed E-state index contributed by atoms with van der Waals surface area (Å²) in [5.74, 6) is 0.795. The van der Waals surface area contributed by atoms with Crippen molar-refractivity contribution in [2.45, 2.75) is 39.0 Å². The molecule has 32 heavy (non-hydrogen) atoms. The van der Waals surface area contributed by atoms with Crippen molar-refractivity contribution < 1.29 is 23.9 Å². The van der Waals surface area contributed by atoms with E-state index in [4.69, 9.17) is 14.3 Å². The SMILES string of the molecule is CCOc1ccc(C(CC(=O)NN2C=CC(C)O2)N2Cc3ccccc3C2=O)cc1OC. The Hall–Kier alpha value is -3.52. The normalized spacial score (nSPS) is 18.0. The number of amides is 2. The molecule has 2 heterocycles. The zero-order chi connectivity index (χ0) is 22.7. The molecule has 0 saturated heterocycles. The molecule has 2 aromatic rings. The Bertz CT molecular complexity index is 1040. The zero-order valence-electron chi connectivity index (χ0n) is 18.4. The summed E-state index contributed by atoms with van der Waals surface area (Å²) in [4.78, 5) is 33.3. The monoisotopic (exact) mass is 437 g/mol. The van der Waals surface area contributed by atoms with Gasteiger partial charge in [0.15, 0.2) is 11.5 Å². The Kier molecular flexibility index (Phi) is 6.32. The molecule has 8 nitrogen and oxygen atoms in total. The molecule has 2 atom stereocenters. The Balaban J connectivity index is 1.62. The quantitative estimate of drug-likeness (QED) is 0.682. The van der Waals surface area contributed by atoms with E-state index in [1.165, 1.54) is 5.17 Å². The molecule has 0 saturated carbocycles. The molecule has 2 unspecified atom stereocenters. The van der Waals surface area contributed by atoms with Crippen LogP contribution in [0.1, 0.15) is 47.8 Å². The van der Waals surface area contributed by atoms with Gasteiger partial charge in [0.1, 0.15) is 6.10 Å². The van der Waals surface area contributed by atoms with Gasteiger partial charge in [-0.2, -0.15) is 5.17 Å². The summed E-state index contributed by atoms with van der Waals surface area (Å²) in [7, 11) is 1.57. The van der Waals surface area contributed by atoms with E-state index >= 15 is 0 Å². The van der Waals surface area contributed by atoms with Gasteiger partial charge in [0.05, 0.1) is 32.4 Å². The third-order valence-electron chi connectivity index (χ3n) is 5.48. The van der Waals surface area contributed by atoms with Crippen molar-refractivity contribution in [3.8, 4) is 11.5 Å². The summed E-state index contributed by atoms with van der Waals surface area (Å²) in [5.41, 5.74) is 5.11. The molecule has 4 rings (SSSR count). The Labute approximate surface area is 187 Å². The predicted molar refractivity (Wildman–Crippen MR) is 118 cm³/mol. The van der Waals surface area contributed by atoms with Gasteiger partial charge in [-0.1, -0.05) is 24.3 Å². The fraction of sp³-hybridized carbons (Fsp3) is 0.333. The number of fused-ring (bicyclic) bond motifs is 1. The van der Waals surface area contributed by atoms with Crippen LogP contribution in [0.25, 0.3) is 0 Å². The number of carbonyl (C=O) groups excluding carboxylic acids is 2. The largest absolute Gasteiger partial charge is 0.493 e. The summed E-state index contributed by atoms with van der Waals surface area (Å²) >= 11 is 0. The number of ether oxygens (including phenoxy) is 2. The number of hydrogen-bond acceptors (Lipinski definition) is 6. The number of rotatable bonds is 8. The zero-order valence-corrected chi connectivity index (χ0v) is 18.4. The minimum atomic E-state index is -0.497. The minimum absolute atomic E-state index is 0.0545. The highest BCUT2D eigenvalue weighted by atomic mass is 16.7. The van der Waals surface area contributed by atoms with Gasteiger partial charge in [-0.05, 0) is 49.2 Å². The number of nitrogens with zero attached hydrogens (tertiary/aromatic N) is 2. The van der Waals surface area contributed by atoms with Crippen LogP contribution in [-0.4, -0.2) is 41.7 Å². The molecule has 0 spiro atoms. The number of benzene rings is 2. The summed E-state index contributed by atoms with van der Waals surface area (Å²) < 4.78 is 11.1. The molecule has 0 fully saturated rings. The van der Waals surface area contributed by atoms with Crippen LogP contribution >= 0.6 is 0 Å². The van der Waals surface area contributed by atoms with Crippen LogP contribution in [-0.2, 0) is 16.2 Å². The molecule has 0 bridgehead atoms. The first-order valence-corrected chi connectivity index (χ1v) is 10.6. The fourth-order valence-corrected chi connectivity index (χ4v) is 3.96. The highest BCUT2D eigenvalue weighted by Gasteiger charge is 2.35. The van der Waals surface area contributed by atoms with Crippen molar-refractivity contribution in [1.82, 2.24) is 15.5 Å². The van der Waals surface area contributed by atoms with E-state index in [9.17, 15) is 9.59 Å². The lowest BCUT2D eigenvalue weighted by Gasteiger charge is -2.29. The van der Waals surface area contributed by atoms with Gasteiger partial charge in [0.2, 0.25) is 5.91 Å². The van der Waals surface area contributed by atoms with Crippen LogP contribution in [0, 0.1) is 0 Å². The first-order valence-electron chi connectivity index (χ1n) is 10.6. The van der Waals surface area contributed by atoms with Gasteiger partial charge in [0.25, 0.3) is 5.91 Å².